The summed E-state index contributed by atoms with van der Waals surface area (Å²) in [5.41, 5.74) is 9.62. The third-order valence-electron chi connectivity index (χ3n) is 1.86. The lowest BCUT2D eigenvalue weighted by Crippen LogP contribution is -2.35. The third-order valence-corrected chi connectivity index (χ3v) is 1.86. The van der Waals surface area contributed by atoms with Gasteiger partial charge in [-0.1, -0.05) is 16.0 Å². The molecule has 0 radical (unpaired) electrons. The molecule has 0 aliphatic heterocycles. The highest BCUT2D eigenvalue weighted by molar-refractivity contribution is 5.73. The quantitative estimate of drug-likeness (QED) is 0.0599. The van der Waals surface area contributed by atoms with Gasteiger partial charge in [0, 0.05) is 5.16 Å². The molecule has 8 N–H and O–H groups in total. The van der Waals surface area contributed by atoms with E-state index >= 15 is 0 Å². The smallest absolute Gasteiger partial charge is 0.448 e. The Labute approximate surface area is 139 Å². The lowest BCUT2D eigenvalue weighted by Gasteiger charge is -1.98. The number of azo groups is 1. The number of hydrogen-bond donors (Lipinski definition) is 6. The van der Waals surface area contributed by atoms with Gasteiger partial charge in [-0.2, -0.15) is 0 Å². The first-order valence-electron chi connectivity index (χ1n) is 5.71. The molecule has 0 aromatic carbocycles. The van der Waals surface area contributed by atoms with Gasteiger partial charge >= 0.3 is 11.6 Å². The molecule has 0 aliphatic rings. The van der Waals surface area contributed by atoms with Gasteiger partial charge in [0.2, 0.25) is 0 Å². The van der Waals surface area contributed by atoms with Gasteiger partial charge in [0.1, 0.15) is 0 Å². The zero-order valence-electron chi connectivity index (χ0n) is 12.1. The summed E-state index contributed by atoms with van der Waals surface area (Å²) < 4.78 is 8.28. The summed E-state index contributed by atoms with van der Waals surface area (Å²) in [4.78, 5) is 20.2. The molecule has 2 aromatic heterocycles. The third kappa shape index (κ3) is 5.83. The summed E-state index contributed by atoms with van der Waals surface area (Å²) >= 11 is 0. The maximum atomic E-state index is 11.6. The van der Waals surface area contributed by atoms with Crippen molar-refractivity contribution in [3.8, 4) is 0 Å². The summed E-state index contributed by atoms with van der Waals surface area (Å²) in [6, 6.07) is 0. The fourth-order valence-corrected chi connectivity index (χ4v) is 1.01. The molecular formula is C5H8N14O7. The molecule has 0 unspecified atom stereocenters. The fourth-order valence-electron chi connectivity index (χ4n) is 1.01. The summed E-state index contributed by atoms with van der Waals surface area (Å²) in [7, 11) is 0. The summed E-state index contributed by atoms with van der Waals surface area (Å²) in [5, 5.41) is 51.9. The molecule has 140 valence electrons. The predicted octanol–water partition coefficient (Wildman–Crippen LogP) is -2.07. The van der Waals surface area contributed by atoms with E-state index in [0.29, 0.717) is 0 Å². The van der Waals surface area contributed by atoms with Crippen LogP contribution in [0.25, 0.3) is 0 Å². The highest BCUT2D eigenvalue weighted by Gasteiger charge is 2.26. The zero-order chi connectivity index (χ0) is 19.7. The number of guanidine groups is 1. The van der Waals surface area contributed by atoms with Crippen molar-refractivity contribution in [3.05, 3.63) is 25.4 Å². The van der Waals surface area contributed by atoms with Crippen molar-refractivity contribution in [2.75, 3.05) is 10.9 Å². The van der Waals surface area contributed by atoms with Crippen LogP contribution in [0.1, 0.15) is 0 Å². The van der Waals surface area contributed by atoms with Crippen LogP contribution < -0.4 is 27.9 Å². The van der Waals surface area contributed by atoms with E-state index in [0.717, 1.165) is 0 Å². The maximum absolute atomic E-state index is 11.6. The molecule has 26 heavy (non-hydrogen) atoms. The first-order chi connectivity index (χ1) is 12.2. The highest BCUT2D eigenvalue weighted by Crippen LogP contribution is 2.24. The zero-order valence-corrected chi connectivity index (χ0v) is 12.1. The van der Waals surface area contributed by atoms with Crippen molar-refractivity contribution in [3.63, 3.8) is 0 Å². The number of nitrogens with two attached hydrogens (primary N) is 2. The SMILES string of the molecule is N=C(N)NN.O=[N+]([O-])Nc1nonc1N=[N+]([O-])c1nonc1N[N+](=O)[O-]. The Bertz CT molecular complexity index is 808. The van der Waals surface area contributed by atoms with E-state index in [-0.39, 0.29) is 10.8 Å². The number of aromatic nitrogens is 4. The molecule has 21 heteroatoms. The van der Waals surface area contributed by atoms with Crippen molar-refractivity contribution in [2.24, 2.45) is 16.7 Å². The van der Waals surface area contributed by atoms with Crippen LogP contribution >= 0.6 is 0 Å². The van der Waals surface area contributed by atoms with E-state index in [2.05, 4.69) is 46.6 Å². The second kappa shape index (κ2) is 8.82. The number of hydrogen-bond acceptors (Lipinski definition) is 14. The maximum Gasteiger partial charge on any atom is 0.448 e. The molecule has 0 saturated carbocycles. The lowest BCUT2D eigenvalue weighted by molar-refractivity contribution is -0.454. The number of nitrogens with zero attached hydrogens (tertiary/aromatic N) is 8. The van der Waals surface area contributed by atoms with Crippen LogP contribution in [0.5, 0.6) is 0 Å². The van der Waals surface area contributed by atoms with Crippen molar-refractivity contribution in [1.29, 1.82) is 5.41 Å². The van der Waals surface area contributed by atoms with Crippen LogP contribution in [0.2, 0.25) is 0 Å². The van der Waals surface area contributed by atoms with Crippen LogP contribution in [0.3, 0.4) is 0 Å². The molecule has 2 heterocycles. The number of rotatable bonds is 6. The first kappa shape index (κ1) is 19.4. The fraction of sp³-hybridized carbons (Fsp3) is 0. The Kier molecular flexibility index (Phi) is 6.56. The standard InChI is InChI=1S/C4H2N10O7.CH6N4/c15-12(4-3(7-14(18)19)10-21-11-4)5-1-2(6-13(16)17)9-20-8-1;2-1(3)5-4/h(H,6,9)(H,7,10);4H2,(H4,2,3,5). The minimum atomic E-state index is -1.02. The van der Waals surface area contributed by atoms with Crippen molar-refractivity contribution < 1.29 is 24.2 Å². The molecule has 0 bridgehead atoms. The summed E-state index contributed by atoms with van der Waals surface area (Å²) in [5.74, 6) is 1.83. The number of anilines is 2. The van der Waals surface area contributed by atoms with Crippen molar-refractivity contribution in [1.82, 2.24) is 26.1 Å². The second-order valence-corrected chi connectivity index (χ2v) is 3.54. The van der Waals surface area contributed by atoms with Crippen LogP contribution in [0.15, 0.2) is 14.4 Å². The molecule has 0 aliphatic carbocycles. The topological polar surface area (TPSA) is 315 Å². The van der Waals surface area contributed by atoms with E-state index in [1.54, 1.807) is 5.43 Å². The number of hydrazine groups is 3. The van der Waals surface area contributed by atoms with Crippen molar-refractivity contribution in [2.45, 2.75) is 0 Å². The van der Waals surface area contributed by atoms with Crippen LogP contribution in [-0.2, 0) is 0 Å². The number of nitro groups is 2. The molecule has 0 amide bonds. The normalized spacial score (nSPS) is 10.3. The average molecular weight is 376 g/mol. The van der Waals surface area contributed by atoms with Gasteiger partial charge in [-0.05, 0) is 10.3 Å². The molecule has 21 nitrogen and oxygen atoms in total. The van der Waals surface area contributed by atoms with Gasteiger partial charge in [0.05, 0.1) is 0 Å². The Morgan fingerprint density at radius 3 is 2.08 bits per heavy atom. The van der Waals surface area contributed by atoms with Crippen LogP contribution in [0, 0.1) is 30.8 Å². The van der Waals surface area contributed by atoms with E-state index in [4.69, 9.17) is 5.41 Å². The molecule has 0 saturated heterocycles. The summed E-state index contributed by atoms with van der Waals surface area (Å²) in [6.07, 6.45) is 0. The van der Waals surface area contributed by atoms with E-state index in [9.17, 15) is 25.4 Å². The minimum absolute atomic E-state index is 0.218. The molecule has 0 spiro atoms. The van der Waals surface area contributed by atoms with Gasteiger partial charge < -0.3 is 10.9 Å². The predicted molar refractivity (Wildman–Crippen MR) is 74.4 cm³/mol. The Hall–Kier alpha value is -4.69. The Morgan fingerprint density at radius 2 is 1.54 bits per heavy atom. The van der Waals surface area contributed by atoms with Gasteiger partial charge in [-0.3, -0.25) is 10.8 Å². The van der Waals surface area contributed by atoms with Gasteiger partial charge in [-0.25, -0.2) is 30.7 Å². The molecule has 0 fully saturated rings. The number of nitrogens with one attached hydrogen (secondary N) is 4. The average Bonchev–Trinajstić information content (AvgIpc) is 3.16. The minimum Gasteiger partial charge on any atom is -0.690 e. The summed E-state index contributed by atoms with van der Waals surface area (Å²) in [6.45, 7) is 0. The molecular weight excluding hydrogens is 368 g/mol. The van der Waals surface area contributed by atoms with E-state index in [1.165, 1.54) is 5.43 Å². The van der Waals surface area contributed by atoms with Gasteiger partial charge in [-0.15, -0.1) is 9.49 Å². The van der Waals surface area contributed by atoms with Gasteiger partial charge in [0.25, 0.3) is 11.6 Å². The monoisotopic (exact) mass is 376 g/mol. The Balaban J connectivity index is 0.000000597. The van der Waals surface area contributed by atoms with Crippen LogP contribution in [0.4, 0.5) is 23.3 Å². The largest absolute Gasteiger partial charge is 0.690 e. The Morgan fingerprint density at radius 1 is 1.04 bits per heavy atom. The van der Waals surface area contributed by atoms with Crippen LogP contribution in [-0.4, -0.2) is 41.5 Å². The van der Waals surface area contributed by atoms with Crippen molar-refractivity contribution >= 4 is 29.2 Å². The second-order valence-electron chi connectivity index (χ2n) is 3.54. The molecule has 0 atom stereocenters. The molecule has 2 rings (SSSR count). The van der Waals surface area contributed by atoms with Gasteiger partial charge in [0.15, 0.2) is 21.2 Å². The lowest BCUT2D eigenvalue weighted by atomic mass is 10.6. The van der Waals surface area contributed by atoms with E-state index < -0.39 is 33.3 Å². The highest BCUT2D eigenvalue weighted by atomic mass is 16.7. The molecule has 2 aromatic rings. The van der Waals surface area contributed by atoms with E-state index in [1.807, 2.05) is 5.43 Å². The first-order valence-corrected chi connectivity index (χ1v) is 5.71.